The van der Waals surface area contributed by atoms with Crippen LogP contribution in [0.3, 0.4) is 0 Å². The predicted molar refractivity (Wildman–Crippen MR) is 54.6 cm³/mol. The van der Waals surface area contributed by atoms with Crippen molar-refractivity contribution in [1.29, 1.82) is 0 Å². The Kier molecular flexibility index (Phi) is 8.70. The van der Waals surface area contributed by atoms with Crippen LogP contribution < -0.4 is 10.6 Å². The maximum absolute atomic E-state index is 11.1. The van der Waals surface area contributed by atoms with Gasteiger partial charge in [-0.05, 0) is 6.54 Å². The molecule has 0 saturated heterocycles. The Morgan fingerprint density at radius 1 is 1.33 bits per heavy atom. The second-order valence-electron chi connectivity index (χ2n) is 2.90. The van der Waals surface area contributed by atoms with Gasteiger partial charge in [0.25, 0.3) is 0 Å². The molecule has 0 aliphatic carbocycles. The summed E-state index contributed by atoms with van der Waals surface area (Å²) >= 11 is 0. The maximum Gasteiger partial charge on any atom is 0.329 e. The molecule has 0 spiro atoms. The predicted octanol–water partition coefficient (Wildman–Crippen LogP) is -0.797. The van der Waals surface area contributed by atoms with E-state index in [-0.39, 0.29) is 19.1 Å². The zero-order valence-corrected chi connectivity index (χ0v) is 8.91. The summed E-state index contributed by atoms with van der Waals surface area (Å²) in [5.74, 6) is -1.07. The van der Waals surface area contributed by atoms with E-state index in [1.54, 1.807) is 0 Å². The van der Waals surface area contributed by atoms with E-state index in [1.165, 1.54) is 0 Å². The molecule has 0 heterocycles. The van der Waals surface area contributed by atoms with Crippen LogP contribution in [0.25, 0.3) is 0 Å². The summed E-state index contributed by atoms with van der Waals surface area (Å²) in [5.41, 5.74) is 0. The number of carboxylic acids is 1. The highest BCUT2D eigenvalue weighted by Crippen LogP contribution is 1.78. The smallest absolute Gasteiger partial charge is 0.329 e. The van der Waals surface area contributed by atoms with Gasteiger partial charge in [-0.2, -0.15) is 0 Å². The number of rotatable bonds is 9. The quantitative estimate of drug-likeness (QED) is 0.441. The standard InChI is InChI=1S/C9H18N2O4/c1-2-10-4-3-8(12)11-5-6-15-7-9(13)14/h10H,2-7H2,1H3,(H,11,12)(H,13,14). The van der Waals surface area contributed by atoms with Crippen molar-refractivity contribution >= 4 is 11.9 Å². The van der Waals surface area contributed by atoms with Gasteiger partial charge in [-0.1, -0.05) is 6.92 Å². The summed E-state index contributed by atoms with van der Waals surface area (Å²) in [5, 5.41) is 13.9. The van der Waals surface area contributed by atoms with Crippen LogP contribution >= 0.6 is 0 Å². The molecule has 3 N–H and O–H groups in total. The van der Waals surface area contributed by atoms with Gasteiger partial charge >= 0.3 is 5.97 Å². The molecule has 0 aromatic rings. The van der Waals surface area contributed by atoms with E-state index < -0.39 is 5.97 Å². The zero-order valence-electron chi connectivity index (χ0n) is 8.91. The van der Waals surface area contributed by atoms with E-state index in [4.69, 9.17) is 9.84 Å². The molecular formula is C9H18N2O4. The molecule has 15 heavy (non-hydrogen) atoms. The Morgan fingerprint density at radius 2 is 2.07 bits per heavy atom. The largest absolute Gasteiger partial charge is 0.480 e. The van der Waals surface area contributed by atoms with Gasteiger partial charge in [0, 0.05) is 19.5 Å². The lowest BCUT2D eigenvalue weighted by Crippen LogP contribution is -2.30. The molecular weight excluding hydrogens is 200 g/mol. The van der Waals surface area contributed by atoms with E-state index in [9.17, 15) is 9.59 Å². The van der Waals surface area contributed by atoms with Gasteiger partial charge in [-0.25, -0.2) is 4.79 Å². The number of carbonyl (C=O) groups is 2. The summed E-state index contributed by atoms with van der Waals surface area (Å²) in [6, 6.07) is 0. The van der Waals surface area contributed by atoms with Crippen molar-refractivity contribution in [3.8, 4) is 0 Å². The van der Waals surface area contributed by atoms with Gasteiger partial charge in [0.05, 0.1) is 6.61 Å². The van der Waals surface area contributed by atoms with Crippen LogP contribution in [0.1, 0.15) is 13.3 Å². The monoisotopic (exact) mass is 218 g/mol. The first kappa shape index (κ1) is 13.9. The van der Waals surface area contributed by atoms with Crippen molar-refractivity contribution in [2.24, 2.45) is 0 Å². The van der Waals surface area contributed by atoms with Crippen molar-refractivity contribution < 1.29 is 19.4 Å². The van der Waals surface area contributed by atoms with Crippen LogP contribution in [0.4, 0.5) is 0 Å². The van der Waals surface area contributed by atoms with Crippen LogP contribution in [0.5, 0.6) is 0 Å². The van der Waals surface area contributed by atoms with Crippen molar-refractivity contribution in [2.75, 3.05) is 32.8 Å². The number of carboxylic acid groups (broad SMARTS) is 1. The zero-order chi connectivity index (χ0) is 11.5. The maximum atomic E-state index is 11.1. The molecule has 0 aliphatic rings. The molecule has 0 atom stereocenters. The van der Waals surface area contributed by atoms with Crippen molar-refractivity contribution in [2.45, 2.75) is 13.3 Å². The minimum absolute atomic E-state index is 0.0603. The first-order chi connectivity index (χ1) is 7.16. The highest BCUT2D eigenvalue weighted by Gasteiger charge is 2.00. The first-order valence-corrected chi connectivity index (χ1v) is 4.93. The Balaban J connectivity index is 3.20. The third-order valence-electron chi connectivity index (χ3n) is 1.57. The number of hydrogen-bond donors (Lipinski definition) is 3. The highest BCUT2D eigenvalue weighted by molar-refractivity contribution is 5.76. The molecule has 6 heteroatoms. The third-order valence-corrected chi connectivity index (χ3v) is 1.57. The summed E-state index contributed by atoms with van der Waals surface area (Å²) in [4.78, 5) is 21.1. The summed E-state index contributed by atoms with van der Waals surface area (Å²) in [6.07, 6.45) is 0.423. The van der Waals surface area contributed by atoms with E-state index in [1.807, 2.05) is 6.92 Å². The van der Waals surface area contributed by atoms with Gasteiger partial charge in [-0.15, -0.1) is 0 Å². The molecule has 1 amide bonds. The summed E-state index contributed by atoms with van der Waals surface area (Å²) in [7, 11) is 0. The number of ether oxygens (including phenoxy) is 1. The van der Waals surface area contributed by atoms with Gasteiger partial charge in [0.1, 0.15) is 6.61 Å². The lowest BCUT2D eigenvalue weighted by molar-refractivity contribution is -0.142. The van der Waals surface area contributed by atoms with E-state index in [0.29, 0.717) is 19.5 Å². The molecule has 0 bridgehead atoms. The topological polar surface area (TPSA) is 87.7 Å². The van der Waals surface area contributed by atoms with Crippen molar-refractivity contribution in [3.05, 3.63) is 0 Å². The number of amides is 1. The number of carbonyl (C=O) groups excluding carboxylic acids is 1. The lowest BCUT2D eigenvalue weighted by atomic mass is 10.4. The fourth-order valence-corrected chi connectivity index (χ4v) is 0.889. The summed E-state index contributed by atoms with van der Waals surface area (Å²) in [6.45, 7) is 3.70. The van der Waals surface area contributed by atoms with Gasteiger partial charge in [-0.3, -0.25) is 4.79 Å². The lowest BCUT2D eigenvalue weighted by Gasteiger charge is -2.05. The minimum Gasteiger partial charge on any atom is -0.480 e. The second kappa shape index (κ2) is 9.42. The van der Waals surface area contributed by atoms with Crippen LogP contribution in [0.2, 0.25) is 0 Å². The third kappa shape index (κ3) is 10.8. The Morgan fingerprint density at radius 3 is 2.67 bits per heavy atom. The average Bonchev–Trinajstić information content (AvgIpc) is 2.17. The number of aliphatic carboxylic acids is 1. The first-order valence-electron chi connectivity index (χ1n) is 4.93. The van der Waals surface area contributed by atoms with Crippen molar-refractivity contribution in [1.82, 2.24) is 10.6 Å². The highest BCUT2D eigenvalue weighted by atomic mass is 16.5. The molecule has 88 valence electrons. The minimum atomic E-state index is -1.01. The Bertz CT molecular complexity index is 197. The van der Waals surface area contributed by atoms with E-state index in [2.05, 4.69) is 10.6 Å². The second-order valence-corrected chi connectivity index (χ2v) is 2.90. The van der Waals surface area contributed by atoms with E-state index in [0.717, 1.165) is 6.54 Å². The van der Waals surface area contributed by atoms with Crippen molar-refractivity contribution in [3.63, 3.8) is 0 Å². The van der Waals surface area contributed by atoms with Crippen LogP contribution in [0, 0.1) is 0 Å². The number of nitrogens with one attached hydrogen (secondary N) is 2. The molecule has 0 fully saturated rings. The molecule has 0 aliphatic heterocycles. The SMILES string of the molecule is CCNCCC(=O)NCCOCC(=O)O. The van der Waals surface area contributed by atoms with Crippen LogP contribution in [-0.2, 0) is 14.3 Å². The average molecular weight is 218 g/mol. The molecule has 0 saturated carbocycles. The fourth-order valence-electron chi connectivity index (χ4n) is 0.889. The summed E-state index contributed by atoms with van der Waals surface area (Å²) < 4.78 is 4.74. The molecule has 0 aromatic carbocycles. The van der Waals surface area contributed by atoms with Gasteiger partial charge in [0.2, 0.25) is 5.91 Å². The molecule has 0 aromatic heterocycles. The molecule has 6 nitrogen and oxygen atoms in total. The normalized spacial score (nSPS) is 9.93. The van der Waals surface area contributed by atoms with Crippen LogP contribution in [-0.4, -0.2) is 49.8 Å². The fraction of sp³-hybridized carbons (Fsp3) is 0.778. The Hall–Kier alpha value is -1.14. The molecule has 0 unspecified atom stereocenters. The van der Waals surface area contributed by atoms with Gasteiger partial charge in [0.15, 0.2) is 0 Å². The Labute approximate surface area is 89.0 Å². The molecule has 0 rings (SSSR count). The van der Waals surface area contributed by atoms with Gasteiger partial charge < -0.3 is 20.5 Å². The molecule has 0 radical (unpaired) electrons. The van der Waals surface area contributed by atoms with E-state index >= 15 is 0 Å². The van der Waals surface area contributed by atoms with Crippen LogP contribution in [0.15, 0.2) is 0 Å². The number of hydrogen-bond acceptors (Lipinski definition) is 4.